The molecule has 9 heteroatoms. The van der Waals surface area contributed by atoms with E-state index in [9.17, 15) is 9.59 Å². The summed E-state index contributed by atoms with van der Waals surface area (Å²) in [5.74, 6) is -0.130. The van der Waals surface area contributed by atoms with Gasteiger partial charge in [-0.1, -0.05) is 6.07 Å². The zero-order valence-electron chi connectivity index (χ0n) is 18.8. The third-order valence-electron chi connectivity index (χ3n) is 5.74. The van der Waals surface area contributed by atoms with Gasteiger partial charge in [-0.25, -0.2) is 4.98 Å². The Labute approximate surface area is 196 Å². The van der Waals surface area contributed by atoms with Crippen molar-refractivity contribution in [2.45, 2.75) is 25.8 Å². The van der Waals surface area contributed by atoms with Gasteiger partial charge in [-0.15, -0.1) is 0 Å². The third kappa shape index (κ3) is 4.03. The highest BCUT2D eigenvalue weighted by atomic mass is 16.2. The number of anilines is 2. The molecule has 34 heavy (non-hydrogen) atoms. The van der Waals surface area contributed by atoms with Gasteiger partial charge in [0.1, 0.15) is 12.0 Å². The fourth-order valence-corrected chi connectivity index (χ4v) is 3.98. The Morgan fingerprint density at radius 1 is 1.06 bits per heavy atom. The predicted octanol–water partition coefficient (Wildman–Crippen LogP) is 3.69. The Kier molecular flexibility index (Phi) is 5.59. The lowest BCUT2D eigenvalue weighted by Crippen LogP contribution is -2.30. The molecule has 0 aliphatic carbocycles. The Bertz CT molecular complexity index is 1340. The van der Waals surface area contributed by atoms with Crippen molar-refractivity contribution in [1.82, 2.24) is 24.7 Å². The van der Waals surface area contributed by atoms with Crippen LogP contribution in [0, 0.1) is 0 Å². The van der Waals surface area contributed by atoms with Gasteiger partial charge in [-0.2, -0.15) is 5.10 Å². The van der Waals surface area contributed by atoms with Crippen molar-refractivity contribution in [2.75, 3.05) is 16.8 Å². The minimum atomic E-state index is -0.270. The Morgan fingerprint density at radius 3 is 2.65 bits per heavy atom. The van der Waals surface area contributed by atoms with Crippen LogP contribution in [0.25, 0.3) is 0 Å². The summed E-state index contributed by atoms with van der Waals surface area (Å²) >= 11 is 0. The summed E-state index contributed by atoms with van der Waals surface area (Å²) in [5.41, 5.74) is 2.98. The minimum Gasteiger partial charge on any atom is -0.321 e. The molecule has 0 fully saturated rings. The summed E-state index contributed by atoms with van der Waals surface area (Å²) in [5, 5.41) is 7.50. The van der Waals surface area contributed by atoms with Crippen LogP contribution in [0.5, 0.6) is 0 Å². The maximum atomic E-state index is 13.3. The quantitative estimate of drug-likeness (QED) is 0.494. The van der Waals surface area contributed by atoms with E-state index in [0.717, 1.165) is 11.3 Å². The summed E-state index contributed by atoms with van der Waals surface area (Å²) < 4.78 is 1.79. The van der Waals surface area contributed by atoms with Gasteiger partial charge in [-0.05, 0) is 61.9 Å². The van der Waals surface area contributed by atoms with Gasteiger partial charge < -0.3 is 10.2 Å². The van der Waals surface area contributed by atoms with Gasteiger partial charge in [0.2, 0.25) is 0 Å². The number of carbonyl (C=O) groups is 2. The second-order valence-electron chi connectivity index (χ2n) is 8.33. The van der Waals surface area contributed by atoms with E-state index in [-0.39, 0.29) is 23.8 Å². The summed E-state index contributed by atoms with van der Waals surface area (Å²) in [6, 6.07) is 14.3. The highest BCUT2D eigenvalue weighted by molar-refractivity contribution is 6.08. The molecular formula is C25H23N7O2. The first-order valence-electron chi connectivity index (χ1n) is 11.0. The molecule has 1 atom stereocenters. The molecule has 9 nitrogen and oxygen atoms in total. The summed E-state index contributed by atoms with van der Waals surface area (Å²) in [4.78, 5) is 40.7. The Balaban J connectivity index is 1.52. The molecule has 0 unspecified atom stereocenters. The zero-order valence-corrected chi connectivity index (χ0v) is 18.8. The standard InChI is InChI=1S/C25H23N7O2/c1-16(2)32-15-28-23(30-32)20-14-31(25(34)21-7-3-4-11-27-21)22-9-8-17(12-19(20)22)24(33)29-18-6-5-10-26-13-18/h3-13,15-16,20H,14H2,1-2H3,(H,29,33)/t20-/m0/s1. The number of fused-ring (bicyclic) bond motifs is 1. The molecular weight excluding hydrogens is 430 g/mol. The molecule has 170 valence electrons. The summed E-state index contributed by atoms with van der Waals surface area (Å²) in [7, 11) is 0. The van der Waals surface area contributed by atoms with Crippen molar-refractivity contribution in [2.24, 2.45) is 0 Å². The number of aromatic nitrogens is 5. The molecule has 0 radical (unpaired) electrons. The van der Waals surface area contributed by atoms with Crippen LogP contribution in [0.3, 0.4) is 0 Å². The average molecular weight is 454 g/mol. The van der Waals surface area contributed by atoms with Crippen LogP contribution in [0.1, 0.15) is 58.0 Å². The molecule has 1 aromatic carbocycles. The second-order valence-corrected chi connectivity index (χ2v) is 8.33. The number of nitrogens with zero attached hydrogens (tertiary/aromatic N) is 6. The number of amides is 2. The highest BCUT2D eigenvalue weighted by Crippen LogP contribution is 2.40. The zero-order chi connectivity index (χ0) is 23.7. The van der Waals surface area contributed by atoms with E-state index in [2.05, 4.69) is 25.4 Å². The molecule has 5 rings (SSSR count). The monoisotopic (exact) mass is 453 g/mol. The van der Waals surface area contributed by atoms with E-state index in [4.69, 9.17) is 0 Å². The van der Waals surface area contributed by atoms with Crippen molar-refractivity contribution < 1.29 is 9.59 Å². The largest absolute Gasteiger partial charge is 0.321 e. The lowest BCUT2D eigenvalue weighted by molar-refractivity contribution is 0.0982. The molecule has 0 spiro atoms. The van der Waals surface area contributed by atoms with Crippen LogP contribution < -0.4 is 10.2 Å². The first kappa shape index (κ1) is 21.4. The maximum Gasteiger partial charge on any atom is 0.276 e. The third-order valence-corrected chi connectivity index (χ3v) is 5.74. The van der Waals surface area contributed by atoms with Crippen LogP contribution in [-0.2, 0) is 0 Å². The molecule has 4 aromatic rings. The molecule has 0 bridgehead atoms. The van der Waals surface area contributed by atoms with Crippen LogP contribution in [0.2, 0.25) is 0 Å². The first-order chi connectivity index (χ1) is 16.5. The molecule has 0 saturated heterocycles. The molecule has 1 aliphatic rings. The summed E-state index contributed by atoms with van der Waals surface area (Å²) in [6.07, 6.45) is 6.53. The van der Waals surface area contributed by atoms with Gasteiger partial charge in [0.05, 0.1) is 17.8 Å². The SMILES string of the molecule is CC(C)n1cnc([C@H]2CN(C(=O)c3ccccn3)c3ccc(C(=O)Nc4cccnc4)cc32)n1. The van der Waals surface area contributed by atoms with Gasteiger partial charge in [0, 0.05) is 36.2 Å². The van der Waals surface area contributed by atoms with Gasteiger partial charge in [0.25, 0.3) is 11.8 Å². The van der Waals surface area contributed by atoms with Gasteiger partial charge in [-0.3, -0.25) is 24.2 Å². The van der Waals surface area contributed by atoms with Crippen LogP contribution >= 0.6 is 0 Å². The number of hydrogen-bond acceptors (Lipinski definition) is 6. The number of pyridine rings is 2. The normalized spacial score (nSPS) is 14.8. The van der Waals surface area contributed by atoms with E-state index >= 15 is 0 Å². The molecule has 2 amide bonds. The van der Waals surface area contributed by atoms with Gasteiger partial charge >= 0.3 is 0 Å². The average Bonchev–Trinajstić information content (AvgIpc) is 3.50. The van der Waals surface area contributed by atoms with Crippen LogP contribution in [-0.4, -0.2) is 43.1 Å². The van der Waals surface area contributed by atoms with Crippen molar-refractivity contribution in [3.8, 4) is 0 Å². The smallest absolute Gasteiger partial charge is 0.276 e. The predicted molar refractivity (Wildman–Crippen MR) is 127 cm³/mol. The number of rotatable bonds is 5. The molecule has 1 N–H and O–H groups in total. The fourth-order valence-electron chi connectivity index (χ4n) is 3.98. The van der Waals surface area contributed by atoms with Crippen molar-refractivity contribution in [1.29, 1.82) is 0 Å². The fraction of sp³-hybridized carbons (Fsp3) is 0.200. The lowest BCUT2D eigenvalue weighted by atomic mass is 9.98. The highest BCUT2D eigenvalue weighted by Gasteiger charge is 2.37. The van der Waals surface area contributed by atoms with Crippen LogP contribution in [0.4, 0.5) is 11.4 Å². The van der Waals surface area contributed by atoms with E-state index < -0.39 is 0 Å². The van der Waals surface area contributed by atoms with E-state index in [1.54, 1.807) is 77.0 Å². The first-order valence-corrected chi connectivity index (χ1v) is 11.0. The molecule has 3 aromatic heterocycles. The summed E-state index contributed by atoms with van der Waals surface area (Å²) in [6.45, 7) is 4.41. The molecule has 0 saturated carbocycles. The molecule has 1 aliphatic heterocycles. The van der Waals surface area contributed by atoms with Crippen molar-refractivity contribution in [3.05, 3.63) is 96.1 Å². The minimum absolute atomic E-state index is 0.157. The van der Waals surface area contributed by atoms with Crippen molar-refractivity contribution >= 4 is 23.2 Å². The van der Waals surface area contributed by atoms with E-state index in [1.807, 2.05) is 19.9 Å². The number of benzene rings is 1. The number of carbonyl (C=O) groups excluding carboxylic acids is 2. The number of hydrogen-bond donors (Lipinski definition) is 1. The van der Waals surface area contributed by atoms with Crippen molar-refractivity contribution in [3.63, 3.8) is 0 Å². The number of nitrogens with one attached hydrogen (secondary N) is 1. The lowest BCUT2D eigenvalue weighted by Gasteiger charge is -2.17. The topological polar surface area (TPSA) is 106 Å². The Hall–Kier alpha value is -4.40. The van der Waals surface area contributed by atoms with E-state index in [1.165, 1.54) is 0 Å². The van der Waals surface area contributed by atoms with Crippen LogP contribution in [0.15, 0.2) is 73.4 Å². The van der Waals surface area contributed by atoms with E-state index in [0.29, 0.717) is 29.3 Å². The maximum absolute atomic E-state index is 13.3. The second kappa shape index (κ2) is 8.86. The Morgan fingerprint density at radius 2 is 1.94 bits per heavy atom. The van der Waals surface area contributed by atoms with Gasteiger partial charge in [0.15, 0.2) is 5.82 Å². The molecule has 4 heterocycles.